The Hall–Kier alpha value is -1.82. The second-order valence-corrected chi connectivity index (χ2v) is 6.94. The molecule has 4 rings (SSSR count). The molecule has 3 aliphatic carbocycles. The Morgan fingerprint density at radius 2 is 2.17 bits per heavy atom. The minimum atomic E-state index is -4.10. The maximum absolute atomic E-state index is 12.4. The highest BCUT2D eigenvalue weighted by Crippen LogP contribution is 2.51. The van der Waals surface area contributed by atoms with Crippen LogP contribution in [0.2, 0.25) is 0 Å². The van der Waals surface area contributed by atoms with Crippen LogP contribution in [0.15, 0.2) is 46.6 Å². The molecule has 6 heteroatoms. The largest absolute Gasteiger partial charge is 0.390 e. The summed E-state index contributed by atoms with van der Waals surface area (Å²) in [5.41, 5.74) is 4.26. The van der Waals surface area contributed by atoms with Gasteiger partial charge in [0, 0.05) is 31.1 Å². The van der Waals surface area contributed by atoms with Gasteiger partial charge >= 0.3 is 6.18 Å². The summed E-state index contributed by atoms with van der Waals surface area (Å²) in [6, 6.07) is 0. The molecule has 0 spiro atoms. The fourth-order valence-electron chi connectivity index (χ4n) is 3.76. The number of nitrogens with one attached hydrogen (secondary N) is 1. The monoisotopic (exact) mass is 336 g/mol. The zero-order valence-electron chi connectivity index (χ0n) is 13.2. The van der Waals surface area contributed by atoms with E-state index in [9.17, 15) is 18.0 Å². The first-order chi connectivity index (χ1) is 11.4. The van der Waals surface area contributed by atoms with Crippen LogP contribution in [0.3, 0.4) is 0 Å². The van der Waals surface area contributed by atoms with Gasteiger partial charge in [0.25, 0.3) is 5.91 Å². The smallest absolute Gasteiger partial charge is 0.352 e. The first-order valence-electron chi connectivity index (χ1n) is 8.34. The van der Waals surface area contributed by atoms with Gasteiger partial charge in [0.05, 0.1) is 6.42 Å². The average molecular weight is 336 g/mol. The molecule has 0 aromatic rings. The topological polar surface area (TPSA) is 32.3 Å². The molecule has 1 saturated heterocycles. The molecule has 24 heavy (non-hydrogen) atoms. The van der Waals surface area contributed by atoms with Crippen molar-refractivity contribution in [2.75, 3.05) is 26.2 Å². The molecule has 4 aliphatic rings. The Bertz CT molecular complexity index is 700. The van der Waals surface area contributed by atoms with Crippen molar-refractivity contribution in [1.82, 2.24) is 10.2 Å². The fraction of sp³-hybridized carbons (Fsp3) is 0.500. The lowest BCUT2D eigenvalue weighted by molar-refractivity contribution is -0.137. The molecule has 1 aliphatic heterocycles. The lowest BCUT2D eigenvalue weighted by Gasteiger charge is -2.17. The number of alkyl halides is 3. The number of hydrogen-bond acceptors (Lipinski definition) is 2. The van der Waals surface area contributed by atoms with E-state index in [0.29, 0.717) is 31.1 Å². The Balaban J connectivity index is 1.23. The van der Waals surface area contributed by atoms with Gasteiger partial charge in [-0.2, -0.15) is 13.2 Å². The molecule has 0 aromatic heterocycles. The molecular formula is C18H19F3N2O. The first kappa shape index (κ1) is 15.7. The first-order valence-corrected chi connectivity index (χ1v) is 8.34. The molecular weight excluding hydrogens is 317 g/mol. The second kappa shape index (κ2) is 5.62. The van der Waals surface area contributed by atoms with Crippen molar-refractivity contribution < 1.29 is 18.0 Å². The molecule has 0 aromatic carbocycles. The van der Waals surface area contributed by atoms with E-state index >= 15 is 0 Å². The molecule has 0 saturated carbocycles. The van der Waals surface area contributed by atoms with Crippen molar-refractivity contribution in [1.29, 1.82) is 0 Å². The number of rotatable bonds is 5. The van der Waals surface area contributed by atoms with E-state index in [1.165, 1.54) is 11.1 Å². The van der Waals surface area contributed by atoms with Gasteiger partial charge in [-0.1, -0.05) is 12.2 Å². The van der Waals surface area contributed by atoms with Gasteiger partial charge in [0.1, 0.15) is 0 Å². The van der Waals surface area contributed by atoms with Crippen molar-refractivity contribution in [2.24, 2.45) is 11.8 Å². The minimum absolute atomic E-state index is 0.0514. The van der Waals surface area contributed by atoms with Crippen molar-refractivity contribution >= 4 is 5.91 Å². The van der Waals surface area contributed by atoms with Gasteiger partial charge in [-0.25, -0.2) is 0 Å². The number of likely N-dealkylation sites (tertiary alicyclic amines) is 1. The molecule has 0 bridgehead atoms. The SMILES string of the molecule is O=C(NCC1CCN(CCC(F)(F)F)C1)C1=CC=C2C1=CC1=CC12. The summed E-state index contributed by atoms with van der Waals surface area (Å²) in [6.07, 6.45) is 4.09. The van der Waals surface area contributed by atoms with Crippen molar-refractivity contribution in [3.05, 3.63) is 46.6 Å². The van der Waals surface area contributed by atoms with E-state index < -0.39 is 12.6 Å². The van der Waals surface area contributed by atoms with Gasteiger partial charge in [0.2, 0.25) is 0 Å². The Labute approximate surface area is 138 Å². The standard InChI is InChI=1S/C18H19F3N2O/c19-18(20,21)4-6-23-5-3-11(10-23)9-22-17(24)14-2-1-13-15-7-12(15)8-16(13)14/h1-2,7-8,11,15H,3-6,9-10H2,(H,22,24). The maximum atomic E-state index is 12.4. The van der Waals surface area contributed by atoms with E-state index in [0.717, 1.165) is 12.0 Å². The highest BCUT2D eigenvalue weighted by molar-refractivity contribution is 6.02. The zero-order chi connectivity index (χ0) is 16.9. The third-order valence-corrected chi connectivity index (χ3v) is 5.16. The van der Waals surface area contributed by atoms with Crippen LogP contribution in [-0.4, -0.2) is 43.2 Å². The molecule has 2 unspecified atom stereocenters. The highest BCUT2D eigenvalue weighted by atomic mass is 19.4. The van der Waals surface area contributed by atoms with Crippen LogP contribution in [0, 0.1) is 11.8 Å². The maximum Gasteiger partial charge on any atom is 0.390 e. The minimum Gasteiger partial charge on any atom is -0.352 e. The van der Waals surface area contributed by atoms with Gasteiger partial charge in [0.15, 0.2) is 0 Å². The quantitative estimate of drug-likeness (QED) is 0.837. The van der Waals surface area contributed by atoms with E-state index in [4.69, 9.17) is 0 Å². The van der Waals surface area contributed by atoms with Gasteiger partial charge in [-0.15, -0.1) is 0 Å². The van der Waals surface area contributed by atoms with Crippen molar-refractivity contribution in [2.45, 2.75) is 19.0 Å². The molecule has 1 amide bonds. The number of halogens is 3. The lowest BCUT2D eigenvalue weighted by Crippen LogP contribution is -2.32. The predicted molar refractivity (Wildman–Crippen MR) is 84.1 cm³/mol. The molecule has 1 fully saturated rings. The van der Waals surface area contributed by atoms with E-state index in [-0.39, 0.29) is 18.4 Å². The molecule has 0 radical (unpaired) electrons. The molecule has 2 atom stereocenters. The molecule has 1 N–H and O–H groups in total. The Kier molecular flexibility index (Phi) is 3.67. The summed E-state index contributed by atoms with van der Waals surface area (Å²) in [4.78, 5) is 14.2. The normalized spacial score (nSPS) is 28.0. The van der Waals surface area contributed by atoms with Crippen LogP contribution in [0.4, 0.5) is 13.2 Å². The number of allylic oxidation sites excluding steroid dienone is 6. The van der Waals surface area contributed by atoms with Gasteiger partial charge in [-0.3, -0.25) is 4.79 Å². The lowest BCUT2D eigenvalue weighted by atomic mass is 10.0. The summed E-state index contributed by atoms with van der Waals surface area (Å²) in [7, 11) is 0. The van der Waals surface area contributed by atoms with Crippen LogP contribution < -0.4 is 5.32 Å². The van der Waals surface area contributed by atoms with Gasteiger partial charge < -0.3 is 10.2 Å². The number of fused-ring (bicyclic) bond motifs is 3. The van der Waals surface area contributed by atoms with Crippen molar-refractivity contribution in [3.63, 3.8) is 0 Å². The van der Waals surface area contributed by atoms with Crippen LogP contribution >= 0.6 is 0 Å². The van der Waals surface area contributed by atoms with Crippen LogP contribution in [0.5, 0.6) is 0 Å². The van der Waals surface area contributed by atoms with E-state index in [2.05, 4.69) is 17.5 Å². The van der Waals surface area contributed by atoms with E-state index in [1.807, 2.05) is 17.1 Å². The van der Waals surface area contributed by atoms with E-state index in [1.54, 1.807) is 0 Å². The van der Waals surface area contributed by atoms with Crippen LogP contribution in [-0.2, 0) is 4.79 Å². The van der Waals surface area contributed by atoms with Crippen molar-refractivity contribution in [3.8, 4) is 0 Å². The third-order valence-electron chi connectivity index (χ3n) is 5.16. The summed E-state index contributed by atoms with van der Waals surface area (Å²) in [5, 5.41) is 2.95. The average Bonchev–Trinajstić information content (AvgIpc) is 2.92. The summed E-state index contributed by atoms with van der Waals surface area (Å²) >= 11 is 0. The van der Waals surface area contributed by atoms with Gasteiger partial charge in [-0.05, 0) is 47.8 Å². The Morgan fingerprint density at radius 1 is 1.33 bits per heavy atom. The second-order valence-electron chi connectivity index (χ2n) is 6.94. The summed E-state index contributed by atoms with van der Waals surface area (Å²) in [6.45, 7) is 1.87. The summed E-state index contributed by atoms with van der Waals surface area (Å²) < 4.78 is 36.8. The molecule has 3 nitrogen and oxygen atoms in total. The number of nitrogens with zero attached hydrogens (tertiary/aromatic N) is 1. The number of hydrogen-bond donors (Lipinski definition) is 1. The van der Waals surface area contributed by atoms with Crippen LogP contribution in [0.25, 0.3) is 0 Å². The zero-order valence-corrected chi connectivity index (χ0v) is 13.2. The highest BCUT2D eigenvalue weighted by Gasteiger charge is 2.39. The molecule has 128 valence electrons. The Morgan fingerprint density at radius 3 is 2.96 bits per heavy atom. The molecule has 1 heterocycles. The fourth-order valence-corrected chi connectivity index (χ4v) is 3.76. The number of carbonyl (C=O) groups excluding carboxylic acids is 1. The number of carbonyl (C=O) groups is 1. The number of amides is 1. The third kappa shape index (κ3) is 3.07. The predicted octanol–water partition coefficient (Wildman–Crippen LogP) is 2.74. The summed E-state index contributed by atoms with van der Waals surface area (Å²) in [5.74, 6) is 0.576. The van der Waals surface area contributed by atoms with Crippen LogP contribution in [0.1, 0.15) is 12.8 Å².